The molecule has 1 atom stereocenters. The smallest absolute Gasteiger partial charge is 0.323 e. The van der Waals surface area contributed by atoms with Crippen molar-refractivity contribution in [1.29, 1.82) is 0 Å². The minimum absolute atomic E-state index is 0.127. The third-order valence-corrected chi connectivity index (χ3v) is 2.02. The zero-order valence-corrected chi connectivity index (χ0v) is 9.09. The molecule has 0 saturated carbocycles. The normalized spacial score (nSPS) is 14.1. The molecule has 0 aliphatic rings. The summed E-state index contributed by atoms with van der Waals surface area (Å²) in [6, 6.07) is 1.68. The first kappa shape index (κ1) is 10.9. The van der Waals surface area contributed by atoms with Gasteiger partial charge in [0, 0.05) is 17.2 Å². The molecule has 0 aromatic carbocycles. The number of nitrogens with zero attached hydrogens (tertiary/aromatic N) is 1. The second-order valence-electron chi connectivity index (χ2n) is 4.57. The van der Waals surface area contributed by atoms with Gasteiger partial charge < -0.3 is 10.7 Å². The van der Waals surface area contributed by atoms with Crippen molar-refractivity contribution in [2.75, 3.05) is 0 Å². The summed E-state index contributed by atoms with van der Waals surface area (Å²) < 4.78 is 0. The highest BCUT2D eigenvalue weighted by Gasteiger charge is 2.17. The standard InChI is InChI=1S/C10H17N3O/c1-6(11)7-5-8(10(2,3)4)13-9(14)12-7/h5-6H,11H2,1-4H3,(H,12,13,14). The van der Waals surface area contributed by atoms with Crippen molar-refractivity contribution in [2.24, 2.45) is 5.73 Å². The third kappa shape index (κ3) is 2.42. The molecule has 0 amide bonds. The maximum Gasteiger partial charge on any atom is 0.345 e. The summed E-state index contributed by atoms with van der Waals surface area (Å²) in [6.07, 6.45) is 0. The quantitative estimate of drug-likeness (QED) is 0.704. The van der Waals surface area contributed by atoms with Gasteiger partial charge in [-0.2, -0.15) is 4.98 Å². The van der Waals surface area contributed by atoms with Crippen molar-refractivity contribution in [3.63, 3.8) is 0 Å². The molecule has 3 N–H and O–H groups in total. The van der Waals surface area contributed by atoms with E-state index in [9.17, 15) is 4.79 Å². The van der Waals surface area contributed by atoms with Crippen LogP contribution in [0.2, 0.25) is 0 Å². The Balaban J connectivity index is 3.28. The second kappa shape index (κ2) is 3.53. The highest BCUT2D eigenvalue weighted by Crippen LogP contribution is 2.19. The molecule has 0 saturated heterocycles. The van der Waals surface area contributed by atoms with Crippen LogP contribution in [0.4, 0.5) is 0 Å². The van der Waals surface area contributed by atoms with Crippen molar-refractivity contribution in [3.8, 4) is 0 Å². The van der Waals surface area contributed by atoms with E-state index in [1.54, 1.807) is 0 Å². The van der Waals surface area contributed by atoms with Crippen LogP contribution in [0.3, 0.4) is 0 Å². The lowest BCUT2D eigenvalue weighted by Gasteiger charge is -2.18. The predicted molar refractivity (Wildman–Crippen MR) is 56.2 cm³/mol. The number of hydrogen-bond acceptors (Lipinski definition) is 3. The van der Waals surface area contributed by atoms with Gasteiger partial charge in [0.05, 0.1) is 5.69 Å². The van der Waals surface area contributed by atoms with Crippen LogP contribution < -0.4 is 11.4 Å². The second-order valence-corrected chi connectivity index (χ2v) is 4.57. The molecule has 0 fully saturated rings. The first-order valence-corrected chi connectivity index (χ1v) is 4.68. The topological polar surface area (TPSA) is 71.8 Å². The van der Waals surface area contributed by atoms with E-state index in [1.165, 1.54) is 0 Å². The molecule has 1 unspecified atom stereocenters. The third-order valence-electron chi connectivity index (χ3n) is 2.02. The molecule has 0 spiro atoms. The van der Waals surface area contributed by atoms with Crippen LogP contribution in [0, 0.1) is 0 Å². The van der Waals surface area contributed by atoms with Crippen LogP contribution in [0.5, 0.6) is 0 Å². The minimum atomic E-state index is -0.329. The van der Waals surface area contributed by atoms with E-state index in [0.717, 1.165) is 11.4 Å². The van der Waals surface area contributed by atoms with Gasteiger partial charge in [-0.05, 0) is 13.0 Å². The van der Waals surface area contributed by atoms with Crippen LogP contribution in [-0.2, 0) is 5.41 Å². The number of aromatic amines is 1. The molecule has 0 aliphatic heterocycles. The number of hydrogen-bond donors (Lipinski definition) is 2. The monoisotopic (exact) mass is 195 g/mol. The van der Waals surface area contributed by atoms with E-state index >= 15 is 0 Å². The summed E-state index contributed by atoms with van der Waals surface area (Å²) in [7, 11) is 0. The summed E-state index contributed by atoms with van der Waals surface area (Å²) in [4.78, 5) is 17.8. The Morgan fingerprint density at radius 1 is 1.50 bits per heavy atom. The van der Waals surface area contributed by atoms with Crippen molar-refractivity contribution in [1.82, 2.24) is 9.97 Å². The van der Waals surface area contributed by atoms with Gasteiger partial charge in [0.25, 0.3) is 0 Å². The highest BCUT2D eigenvalue weighted by atomic mass is 16.1. The van der Waals surface area contributed by atoms with Gasteiger partial charge in [-0.25, -0.2) is 4.79 Å². The lowest BCUT2D eigenvalue weighted by atomic mass is 9.91. The fourth-order valence-corrected chi connectivity index (χ4v) is 1.11. The van der Waals surface area contributed by atoms with Gasteiger partial charge >= 0.3 is 5.69 Å². The molecular weight excluding hydrogens is 178 g/mol. The Hall–Kier alpha value is -1.16. The molecule has 1 heterocycles. The maximum atomic E-state index is 11.2. The Labute approximate surface area is 83.6 Å². The Bertz CT molecular complexity index is 374. The van der Waals surface area contributed by atoms with Crippen molar-refractivity contribution < 1.29 is 0 Å². The molecule has 78 valence electrons. The minimum Gasteiger partial charge on any atom is -0.323 e. The molecule has 0 bridgehead atoms. The zero-order valence-electron chi connectivity index (χ0n) is 9.09. The number of H-pyrrole nitrogens is 1. The summed E-state index contributed by atoms with van der Waals surface area (Å²) >= 11 is 0. The van der Waals surface area contributed by atoms with Crippen LogP contribution >= 0.6 is 0 Å². The Morgan fingerprint density at radius 3 is 2.50 bits per heavy atom. The van der Waals surface area contributed by atoms with E-state index in [-0.39, 0.29) is 17.1 Å². The fourth-order valence-electron chi connectivity index (χ4n) is 1.11. The Kier molecular flexibility index (Phi) is 2.76. The number of rotatable bonds is 1. The van der Waals surface area contributed by atoms with Crippen molar-refractivity contribution >= 4 is 0 Å². The lowest BCUT2D eigenvalue weighted by molar-refractivity contribution is 0.559. The van der Waals surface area contributed by atoms with Crippen molar-refractivity contribution in [2.45, 2.75) is 39.2 Å². The SMILES string of the molecule is CC(N)c1cc(C(C)(C)C)nc(=O)[nH]1. The fraction of sp³-hybridized carbons (Fsp3) is 0.600. The van der Waals surface area contributed by atoms with Gasteiger partial charge in [-0.3, -0.25) is 0 Å². The molecule has 1 aromatic heterocycles. The molecule has 1 aromatic rings. The highest BCUT2D eigenvalue weighted by molar-refractivity contribution is 5.17. The van der Waals surface area contributed by atoms with Crippen molar-refractivity contribution in [3.05, 3.63) is 27.9 Å². The van der Waals surface area contributed by atoms with Crippen LogP contribution in [0.1, 0.15) is 45.1 Å². The van der Waals surface area contributed by atoms with Crippen LogP contribution in [0.15, 0.2) is 10.9 Å². The molecule has 14 heavy (non-hydrogen) atoms. The van der Waals surface area contributed by atoms with E-state index < -0.39 is 0 Å². The van der Waals surface area contributed by atoms with Crippen LogP contribution in [0.25, 0.3) is 0 Å². The molecule has 4 heteroatoms. The molecular formula is C10H17N3O. The predicted octanol–water partition coefficient (Wildman–Crippen LogP) is 1.09. The summed E-state index contributed by atoms with van der Waals surface area (Å²) in [5.74, 6) is 0. The summed E-state index contributed by atoms with van der Waals surface area (Å²) in [5, 5.41) is 0. The van der Waals surface area contributed by atoms with E-state index in [2.05, 4.69) is 9.97 Å². The largest absolute Gasteiger partial charge is 0.345 e. The average molecular weight is 195 g/mol. The van der Waals surface area contributed by atoms with E-state index in [0.29, 0.717) is 0 Å². The van der Waals surface area contributed by atoms with E-state index in [4.69, 9.17) is 5.73 Å². The first-order chi connectivity index (χ1) is 6.30. The number of aromatic nitrogens is 2. The summed E-state index contributed by atoms with van der Waals surface area (Å²) in [6.45, 7) is 7.87. The molecule has 0 radical (unpaired) electrons. The van der Waals surface area contributed by atoms with E-state index in [1.807, 2.05) is 33.8 Å². The maximum absolute atomic E-state index is 11.2. The number of nitrogens with one attached hydrogen (secondary N) is 1. The van der Waals surface area contributed by atoms with Gasteiger partial charge in [0.1, 0.15) is 0 Å². The van der Waals surface area contributed by atoms with Crippen LogP contribution in [-0.4, -0.2) is 9.97 Å². The van der Waals surface area contributed by atoms with Gasteiger partial charge in [0.2, 0.25) is 0 Å². The number of nitrogens with two attached hydrogens (primary N) is 1. The first-order valence-electron chi connectivity index (χ1n) is 4.68. The van der Waals surface area contributed by atoms with Gasteiger partial charge in [-0.15, -0.1) is 0 Å². The zero-order chi connectivity index (χ0) is 10.9. The average Bonchev–Trinajstić information content (AvgIpc) is 2.01. The van der Waals surface area contributed by atoms with Gasteiger partial charge in [0.15, 0.2) is 0 Å². The molecule has 1 rings (SSSR count). The molecule has 0 aliphatic carbocycles. The summed E-state index contributed by atoms with van der Waals surface area (Å²) in [5.41, 5.74) is 6.74. The lowest BCUT2D eigenvalue weighted by Crippen LogP contribution is -2.24. The Morgan fingerprint density at radius 2 is 2.07 bits per heavy atom. The van der Waals surface area contributed by atoms with Gasteiger partial charge in [-0.1, -0.05) is 20.8 Å². The molecule has 4 nitrogen and oxygen atoms in total.